The van der Waals surface area contributed by atoms with Crippen LogP contribution in [0.3, 0.4) is 0 Å². The third-order valence-electron chi connectivity index (χ3n) is 2.77. The van der Waals surface area contributed by atoms with Crippen LogP contribution in [0.1, 0.15) is 11.8 Å². The number of aliphatic hydroxyl groups is 4. The molecule has 0 aliphatic rings. The largest absolute Gasteiger partial charge is 0.394 e. The molecule has 0 aliphatic heterocycles. The molecule has 1 aromatic carbocycles. The molecule has 1 aromatic heterocycles. The molecular formula is C12H14BrN3O4. The van der Waals surface area contributed by atoms with Gasteiger partial charge in [-0.1, -0.05) is 15.9 Å². The summed E-state index contributed by atoms with van der Waals surface area (Å²) >= 11 is 3.31. The number of aromatic nitrogens is 3. The Hall–Kier alpha value is -1.32. The third kappa shape index (κ3) is 3.22. The van der Waals surface area contributed by atoms with Gasteiger partial charge in [0.05, 0.1) is 18.5 Å². The van der Waals surface area contributed by atoms with E-state index in [2.05, 4.69) is 26.1 Å². The summed E-state index contributed by atoms with van der Waals surface area (Å²) in [6.45, 7) is -0.654. The summed E-state index contributed by atoms with van der Waals surface area (Å²) in [7, 11) is 0. The molecule has 8 heteroatoms. The Morgan fingerprint density at radius 2 is 1.80 bits per heavy atom. The summed E-state index contributed by atoms with van der Waals surface area (Å²) in [6, 6.07) is 7.19. The average molecular weight is 344 g/mol. The highest BCUT2D eigenvalue weighted by Crippen LogP contribution is 2.18. The lowest BCUT2D eigenvalue weighted by Gasteiger charge is -2.19. The van der Waals surface area contributed by atoms with Gasteiger partial charge in [-0.05, 0) is 24.3 Å². The first kappa shape index (κ1) is 15.1. The van der Waals surface area contributed by atoms with E-state index in [1.54, 1.807) is 12.1 Å². The van der Waals surface area contributed by atoms with Crippen LogP contribution >= 0.6 is 15.9 Å². The van der Waals surface area contributed by atoms with E-state index in [1.165, 1.54) is 11.0 Å². The van der Waals surface area contributed by atoms with Gasteiger partial charge in [-0.25, -0.2) is 0 Å². The number of nitrogens with zero attached hydrogens (tertiary/aromatic N) is 3. The minimum absolute atomic E-state index is 0.105. The summed E-state index contributed by atoms with van der Waals surface area (Å²) in [5, 5.41) is 45.5. The summed E-state index contributed by atoms with van der Waals surface area (Å²) in [4.78, 5) is 1.29. The second-order valence-corrected chi connectivity index (χ2v) is 5.14. The summed E-state index contributed by atoms with van der Waals surface area (Å²) in [6.07, 6.45) is -3.11. The van der Waals surface area contributed by atoms with E-state index >= 15 is 0 Å². The van der Waals surface area contributed by atoms with Gasteiger partial charge in [-0.3, -0.25) is 0 Å². The van der Waals surface area contributed by atoms with Crippen molar-refractivity contribution >= 4 is 15.9 Å². The van der Waals surface area contributed by atoms with E-state index in [-0.39, 0.29) is 5.69 Å². The smallest absolute Gasteiger partial charge is 0.128 e. The summed E-state index contributed by atoms with van der Waals surface area (Å²) in [5.41, 5.74) is 0.789. The maximum atomic E-state index is 9.85. The third-order valence-corrected chi connectivity index (χ3v) is 3.30. The maximum Gasteiger partial charge on any atom is 0.128 e. The van der Waals surface area contributed by atoms with Crippen molar-refractivity contribution in [2.24, 2.45) is 0 Å². The van der Waals surface area contributed by atoms with E-state index in [0.717, 1.165) is 4.47 Å². The van der Waals surface area contributed by atoms with Crippen molar-refractivity contribution in [1.82, 2.24) is 15.0 Å². The van der Waals surface area contributed by atoms with E-state index in [9.17, 15) is 15.3 Å². The standard InChI is InChI=1S/C12H14BrN3O4/c13-7-1-3-8(4-2-7)16-14-5-9(15-16)11(19)12(20)10(18)6-17/h1-5,10-12,17-20H,6H2/t10-,11-,12+/m1/s1. The van der Waals surface area contributed by atoms with Crippen LogP contribution in [0.5, 0.6) is 0 Å². The molecule has 0 aliphatic carbocycles. The molecule has 0 spiro atoms. The SMILES string of the molecule is OC[C@@H](O)[C@H](O)[C@H](O)c1cnn(-c2ccc(Br)cc2)n1. The fraction of sp³-hybridized carbons (Fsp3) is 0.333. The fourth-order valence-corrected chi connectivity index (χ4v) is 1.87. The molecule has 0 amide bonds. The molecule has 0 unspecified atom stereocenters. The molecular weight excluding hydrogens is 330 g/mol. The van der Waals surface area contributed by atoms with Crippen molar-refractivity contribution in [2.75, 3.05) is 6.61 Å². The summed E-state index contributed by atoms with van der Waals surface area (Å²) < 4.78 is 0.912. The number of rotatable bonds is 5. The normalized spacial score (nSPS) is 15.8. The number of halogens is 1. The van der Waals surface area contributed by atoms with Crippen LogP contribution in [-0.4, -0.2) is 54.2 Å². The van der Waals surface area contributed by atoms with Crippen molar-refractivity contribution in [2.45, 2.75) is 18.3 Å². The zero-order valence-electron chi connectivity index (χ0n) is 10.3. The lowest BCUT2D eigenvalue weighted by atomic mass is 10.1. The zero-order valence-corrected chi connectivity index (χ0v) is 11.9. The van der Waals surface area contributed by atoms with Crippen molar-refractivity contribution in [3.63, 3.8) is 0 Å². The molecule has 3 atom stereocenters. The highest BCUT2D eigenvalue weighted by Gasteiger charge is 2.27. The Labute approximate surface area is 123 Å². The number of hydrogen-bond donors (Lipinski definition) is 4. The van der Waals surface area contributed by atoms with E-state index in [0.29, 0.717) is 5.69 Å². The van der Waals surface area contributed by atoms with Crippen molar-refractivity contribution in [1.29, 1.82) is 0 Å². The second-order valence-electron chi connectivity index (χ2n) is 4.22. The fourth-order valence-electron chi connectivity index (χ4n) is 1.60. The van der Waals surface area contributed by atoms with Gasteiger partial charge in [0.25, 0.3) is 0 Å². The number of benzene rings is 1. The van der Waals surface area contributed by atoms with Crippen molar-refractivity contribution in [3.8, 4) is 5.69 Å². The van der Waals surface area contributed by atoms with Crippen LogP contribution in [0, 0.1) is 0 Å². The molecule has 108 valence electrons. The highest BCUT2D eigenvalue weighted by atomic mass is 79.9. The molecule has 0 fully saturated rings. The van der Waals surface area contributed by atoms with Gasteiger partial charge in [-0.15, -0.1) is 0 Å². The zero-order chi connectivity index (χ0) is 14.7. The van der Waals surface area contributed by atoms with Gasteiger partial charge in [-0.2, -0.15) is 15.0 Å². The molecule has 0 saturated carbocycles. The van der Waals surface area contributed by atoms with Crippen molar-refractivity contribution in [3.05, 3.63) is 40.6 Å². The first-order valence-electron chi connectivity index (χ1n) is 5.86. The van der Waals surface area contributed by atoms with Crippen LogP contribution in [0.2, 0.25) is 0 Å². The molecule has 7 nitrogen and oxygen atoms in total. The molecule has 0 bridgehead atoms. The van der Waals surface area contributed by atoms with Crippen molar-refractivity contribution < 1.29 is 20.4 Å². The second kappa shape index (κ2) is 6.42. The van der Waals surface area contributed by atoms with E-state index in [4.69, 9.17) is 5.11 Å². The Kier molecular flexibility index (Phi) is 4.84. The first-order chi connectivity index (χ1) is 9.52. The van der Waals surface area contributed by atoms with E-state index < -0.39 is 24.9 Å². The Morgan fingerprint density at radius 1 is 1.15 bits per heavy atom. The van der Waals surface area contributed by atoms with Gasteiger partial charge in [0, 0.05) is 4.47 Å². The van der Waals surface area contributed by atoms with Crippen LogP contribution in [0.15, 0.2) is 34.9 Å². The molecule has 4 N–H and O–H groups in total. The average Bonchev–Trinajstić information content (AvgIpc) is 2.95. The molecule has 1 heterocycles. The molecule has 2 aromatic rings. The predicted octanol–water partition coefficient (Wildman–Crippen LogP) is -0.223. The van der Waals surface area contributed by atoms with Gasteiger partial charge < -0.3 is 20.4 Å². The van der Waals surface area contributed by atoms with Crippen LogP contribution in [0.4, 0.5) is 0 Å². The first-order valence-corrected chi connectivity index (χ1v) is 6.65. The van der Waals surface area contributed by atoms with Crippen LogP contribution < -0.4 is 0 Å². The predicted molar refractivity (Wildman–Crippen MR) is 73.1 cm³/mol. The monoisotopic (exact) mass is 343 g/mol. The van der Waals surface area contributed by atoms with Gasteiger partial charge in [0.15, 0.2) is 0 Å². The van der Waals surface area contributed by atoms with Crippen LogP contribution in [0.25, 0.3) is 5.69 Å². The maximum absolute atomic E-state index is 9.85. The Bertz CT molecular complexity index is 560. The Morgan fingerprint density at radius 3 is 2.40 bits per heavy atom. The lowest BCUT2D eigenvalue weighted by molar-refractivity contribution is -0.0790. The summed E-state index contributed by atoms with van der Waals surface area (Å²) in [5.74, 6) is 0. The quantitative estimate of drug-likeness (QED) is 0.597. The highest BCUT2D eigenvalue weighted by molar-refractivity contribution is 9.10. The number of hydrogen-bond acceptors (Lipinski definition) is 6. The number of aliphatic hydroxyl groups excluding tert-OH is 4. The Balaban J connectivity index is 2.18. The molecule has 0 radical (unpaired) electrons. The topological polar surface area (TPSA) is 112 Å². The van der Waals surface area contributed by atoms with Gasteiger partial charge in [0.2, 0.25) is 0 Å². The minimum Gasteiger partial charge on any atom is -0.394 e. The minimum atomic E-state index is -1.53. The lowest BCUT2D eigenvalue weighted by Crippen LogP contribution is -2.34. The van der Waals surface area contributed by atoms with Gasteiger partial charge >= 0.3 is 0 Å². The molecule has 0 saturated heterocycles. The molecule has 20 heavy (non-hydrogen) atoms. The molecule has 2 rings (SSSR count). The van der Waals surface area contributed by atoms with Crippen LogP contribution in [-0.2, 0) is 0 Å². The van der Waals surface area contributed by atoms with Gasteiger partial charge in [0.1, 0.15) is 24.0 Å². The van der Waals surface area contributed by atoms with E-state index in [1.807, 2.05) is 12.1 Å².